The van der Waals surface area contributed by atoms with Crippen LogP contribution < -0.4 is 10.6 Å². The number of nitrogens with one attached hydrogen (secondary N) is 2. The van der Waals surface area contributed by atoms with E-state index in [0.717, 1.165) is 31.9 Å². The molecule has 1 heterocycles. The minimum Gasteiger partial charge on any atom is -0.348 e. The van der Waals surface area contributed by atoms with Gasteiger partial charge in [-0.25, -0.2) is 8.42 Å². The van der Waals surface area contributed by atoms with Gasteiger partial charge in [0.25, 0.3) is 5.91 Å². The van der Waals surface area contributed by atoms with Crippen LogP contribution in [0.15, 0.2) is 12.7 Å². The highest BCUT2D eigenvalue weighted by molar-refractivity contribution is 7.90. The van der Waals surface area contributed by atoms with E-state index >= 15 is 0 Å². The van der Waals surface area contributed by atoms with Crippen molar-refractivity contribution < 1.29 is 27.6 Å². The third kappa shape index (κ3) is 6.81. The minimum absolute atomic E-state index is 0.00235. The molecule has 37 heavy (non-hydrogen) atoms. The fraction of sp³-hybridized carbons (Fsp3) is 0.778. The first kappa shape index (κ1) is 29.3. The van der Waals surface area contributed by atoms with Gasteiger partial charge in [-0.3, -0.25) is 19.2 Å². The van der Waals surface area contributed by atoms with Crippen LogP contribution in [0.4, 0.5) is 0 Å². The summed E-state index contributed by atoms with van der Waals surface area (Å²) in [5.41, 5.74) is -0.0729. The second-order valence-corrected chi connectivity index (χ2v) is 14.0. The molecule has 1 saturated heterocycles. The number of fused-ring (bicyclic) bond motifs is 1. The topological polar surface area (TPSA) is 130 Å². The molecule has 10 heteroatoms. The summed E-state index contributed by atoms with van der Waals surface area (Å²) in [4.78, 5) is 54.3. The molecule has 0 aromatic rings. The Kier molecular flexibility index (Phi) is 9.24. The average molecular weight is 538 g/mol. The van der Waals surface area contributed by atoms with Crippen molar-refractivity contribution >= 4 is 33.3 Å². The van der Waals surface area contributed by atoms with Crippen molar-refractivity contribution in [1.29, 1.82) is 0 Å². The molecule has 2 saturated carbocycles. The number of rotatable bonds is 12. The van der Waals surface area contributed by atoms with E-state index in [-0.39, 0.29) is 47.8 Å². The van der Waals surface area contributed by atoms with Gasteiger partial charge < -0.3 is 15.5 Å². The van der Waals surface area contributed by atoms with E-state index in [4.69, 9.17) is 0 Å². The zero-order chi connectivity index (χ0) is 27.5. The summed E-state index contributed by atoms with van der Waals surface area (Å²) >= 11 is 0. The Morgan fingerprint density at radius 1 is 1.14 bits per heavy atom. The monoisotopic (exact) mass is 537 g/mol. The highest BCUT2D eigenvalue weighted by atomic mass is 32.2. The molecule has 1 aliphatic heterocycles. The third-order valence-electron chi connectivity index (χ3n) is 8.78. The Morgan fingerprint density at radius 2 is 1.78 bits per heavy atom. The van der Waals surface area contributed by atoms with Crippen LogP contribution in [-0.4, -0.2) is 74.0 Å². The molecule has 5 atom stereocenters. The molecular weight excluding hydrogens is 494 g/mol. The van der Waals surface area contributed by atoms with Crippen molar-refractivity contribution in [3.05, 3.63) is 12.7 Å². The van der Waals surface area contributed by atoms with Gasteiger partial charge in [-0.1, -0.05) is 46.1 Å². The predicted octanol–water partition coefficient (Wildman–Crippen LogP) is 1.87. The SMILES string of the molecule is C=CCCC(NC(=O)[C@@H]1[C@@H]2[C@H](CN1C(=O)[C@@H](C)C1CCCCC1)C2(C)C)C(=O)C(=O)NCCS(C)(=O)=O. The second kappa shape index (κ2) is 11.7. The number of nitrogens with zero attached hydrogens (tertiary/aromatic N) is 1. The third-order valence-corrected chi connectivity index (χ3v) is 9.73. The van der Waals surface area contributed by atoms with Crippen LogP contribution in [0.3, 0.4) is 0 Å². The standard InChI is InChI=1S/C27H43N3O6S/c1-6-7-13-20(23(31)25(33)28-14-15-37(5,35)36)29-24(32)22-21-19(27(21,3)4)16-30(22)26(34)17(2)18-11-9-8-10-12-18/h6,17-22H,1,7-16H2,2-5H3,(H,28,33)(H,29,32)/t17-,19-,20?,21-,22-/m0/s1. The normalized spacial score (nSPS) is 26.5. The van der Waals surface area contributed by atoms with Gasteiger partial charge in [-0.05, 0) is 48.9 Å². The fourth-order valence-electron chi connectivity index (χ4n) is 6.32. The van der Waals surface area contributed by atoms with Crippen LogP contribution in [0.1, 0.15) is 65.7 Å². The molecule has 2 aliphatic carbocycles. The molecule has 2 N–H and O–H groups in total. The number of ketones is 1. The molecule has 3 aliphatic rings. The maximum Gasteiger partial charge on any atom is 0.289 e. The number of carbonyl (C=O) groups is 4. The Balaban J connectivity index is 1.72. The van der Waals surface area contributed by atoms with Gasteiger partial charge >= 0.3 is 0 Å². The van der Waals surface area contributed by atoms with Gasteiger partial charge in [-0.15, -0.1) is 6.58 Å². The lowest BCUT2D eigenvalue weighted by Gasteiger charge is -2.35. The lowest BCUT2D eigenvalue weighted by molar-refractivity contribution is -0.146. The molecule has 0 aromatic heterocycles. The number of hydrogen-bond donors (Lipinski definition) is 2. The summed E-state index contributed by atoms with van der Waals surface area (Å²) in [5, 5.41) is 5.11. The molecule has 1 unspecified atom stereocenters. The van der Waals surface area contributed by atoms with E-state index in [1.54, 1.807) is 11.0 Å². The molecule has 208 valence electrons. The number of hydrogen-bond acceptors (Lipinski definition) is 6. The predicted molar refractivity (Wildman–Crippen MR) is 141 cm³/mol. The van der Waals surface area contributed by atoms with Crippen molar-refractivity contribution in [2.75, 3.05) is 25.1 Å². The van der Waals surface area contributed by atoms with E-state index in [1.165, 1.54) is 6.42 Å². The maximum absolute atomic E-state index is 13.6. The Bertz CT molecular complexity index is 1020. The van der Waals surface area contributed by atoms with Crippen LogP contribution in [0, 0.1) is 29.1 Å². The number of allylic oxidation sites excluding steroid dienone is 1. The average Bonchev–Trinajstić information content (AvgIpc) is 3.18. The second-order valence-electron chi connectivity index (χ2n) is 11.8. The van der Waals surface area contributed by atoms with Gasteiger partial charge in [0.2, 0.25) is 17.6 Å². The molecule has 3 amide bonds. The van der Waals surface area contributed by atoms with Crippen molar-refractivity contribution in [2.45, 2.75) is 77.8 Å². The summed E-state index contributed by atoms with van der Waals surface area (Å²) in [6, 6.07) is -1.76. The van der Waals surface area contributed by atoms with Gasteiger partial charge in [0.05, 0.1) is 11.8 Å². The maximum atomic E-state index is 13.6. The fourth-order valence-corrected chi connectivity index (χ4v) is 6.79. The number of likely N-dealkylation sites (tertiary alicyclic amines) is 1. The van der Waals surface area contributed by atoms with E-state index in [9.17, 15) is 27.6 Å². The zero-order valence-electron chi connectivity index (χ0n) is 22.6. The molecule has 3 rings (SSSR count). The first-order valence-corrected chi connectivity index (χ1v) is 15.6. The van der Waals surface area contributed by atoms with Crippen LogP contribution >= 0.6 is 0 Å². The summed E-state index contributed by atoms with van der Waals surface area (Å²) in [5.74, 6) is -2.05. The molecule has 0 bridgehead atoms. The molecule has 0 spiro atoms. The van der Waals surface area contributed by atoms with E-state index in [2.05, 4.69) is 31.1 Å². The molecule has 3 fully saturated rings. The largest absolute Gasteiger partial charge is 0.348 e. The Labute approximate surface area is 221 Å². The lowest BCUT2D eigenvalue weighted by atomic mass is 9.80. The summed E-state index contributed by atoms with van der Waals surface area (Å²) in [6.45, 7) is 10.2. The highest BCUT2D eigenvalue weighted by Gasteiger charge is 2.69. The lowest BCUT2D eigenvalue weighted by Crippen LogP contribution is -2.56. The number of carbonyl (C=O) groups excluding carboxylic acids is 4. The number of sulfone groups is 1. The van der Waals surface area contributed by atoms with Crippen LogP contribution in [0.5, 0.6) is 0 Å². The Morgan fingerprint density at radius 3 is 2.38 bits per heavy atom. The van der Waals surface area contributed by atoms with E-state index in [0.29, 0.717) is 18.9 Å². The number of Topliss-reactive ketones (excluding diaryl/α,β-unsaturated/α-hetero) is 1. The van der Waals surface area contributed by atoms with Crippen molar-refractivity contribution in [2.24, 2.45) is 29.1 Å². The first-order chi connectivity index (χ1) is 17.3. The van der Waals surface area contributed by atoms with Crippen molar-refractivity contribution in [3.63, 3.8) is 0 Å². The highest BCUT2D eigenvalue weighted by Crippen LogP contribution is 2.65. The smallest absolute Gasteiger partial charge is 0.289 e. The zero-order valence-corrected chi connectivity index (χ0v) is 23.4. The molecule has 9 nitrogen and oxygen atoms in total. The minimum atomic E-state index is -3.30. The van der Waals surface area contributed by atoms with Gasteiger partial charge in [0.15, 0.2) is 0 Å². The van der Waals surface area contributed by atoms with Crippen LogP contribution in [-0.2, 0) is 29.0 Å². The Hall–Kier alpha value is -2.23. The molecule has 0 radical (unpaired) electrons. The summed E-state index contributed by atoms with van der Waals surface area (Å²) in [7, 11) is -3.30. The van der Waals surface area contributed by atoms with E-state index in [1.807, 2.05) is 6.92 Å². The summed E-state index contributed by atoms with van der Waals surface area (Å²) < 4.78 is 22.7. The first-order valence-electron chi connectivity index (χ1n) is 13.5. The van der Waals surface area contributed by atoms with E-state index < -0.39 is 39.5 Å². The number of piperidine rings is 1. The molecule has 0 aromatic carbocycles. The summed E-state index contributed by atoms with van der Waals surface area (Å²) in [6.07, 6.45) is 8.75. The van der Waals surface area contributed by atoms with Crippen LogP contribution in [0.25, 0.3) is 0 Å². The number of amides is 3. The van der Waals surface area contributed by atoms with Gasteiger partial charge in [-0.2, -0.15) is 0 Å². The molecular formula is C27H43N3O6S. The quantitative estimate of drug-likeness (QED) is 0.289. The van der Waals surface area contributed by atoms with Crippen LogP contribution in [0.2, 0.25) is 0 Å². The van der Waals surface area contributed by atoms with Gasteiger partial charge in [0.1, 0.15) is 15.9 Å². The van der Waals surface area contributed by atoms with Gasteiger partial charge in [0, 0.05) is 25.3 Å². The van der Waals surface area contributed by atoms with Crippen molar-refractivity contribution in [1.82, 2.24) is 15.5 Å². The van der Waals surface area contributed by atoms with Crippen molar-refractivity contribution in [3.8, 4) is 0 Å².